The predicted molar refractivity (Wildman–Crippen MR) is 270 cm³/mol. The molecule has 5 saturated heterocycles. The van der Waals surface area contributed by atoms with Gasteiger partial charge < -0.3 is 57.6 Å². The van der Waals surface area contributed by atoms with Gasteiger partial charge >= 0.3 is 84.7 Å². The number of hydrogen-bond acceptors (Lipinski definition) is 33. The second kappa shape index (κ2) is 27.5. The Hall–Kier alpha value is -2.37. The van der Waals surface area contributed by atoms with Crippen molar-refractivity contribution in [2.24, 2.45) is 41.4 Å². The Morgan fingerprint density at radius 1 is 0.386 bits per heavy atom. The van der Waals surface area contributed by atoms with Crippen LogP contribution in [-0.2, 0) is 159 Å². The smallest absolute Gasteiger partial charge is 0.397 e. The van der Waals surface area contributed by atoms with Crippen LogP contribution < -0.4 is 0 Å². The van der Waals surface area contributed by atoms with Crippen molar-refractivity contribution in [1.29, 1.82) is 0 Å². The summed E-state index contributed by atoms with van der Waals surface area (Å²) in [4.78, 5) is 26.1. The van der Waals surface area contributed by atoms with Crippen molar-refractivity contribution in [2.45, 2.75) is 165 Å². The molecule has 1 aliphatic carbocycles. The van der Waals surface area contributed by atoms with Gasteiger partial charge in [-0.05, 0) is 25.7 Å². The van der Waals surface area contributed by atoms with Crippen LogP contribution in [0.4, 0.5) is 0 Å². The summed E-state index contributed by atoms with van der Waals surface area (Å²) in [5.41, 5.74) is -2.26. The summed E-state index contributed by atoms with van der Waals surface area (Å²) in [6.45, 7) is 5.28. The van der Waals surface area contributed by atoms with Crippen molar-refractivity contribution in [1.82, 2.24) is 0 Å². The summed E-state index contributed by atoms with van der Waals surface area (Å²) in [5.74, 6) is -11.8. The number of carbonyl (C=O) groups is 2. The summed E-state index contributed by atoms with van der Waals surface area (Å²) in [5, 5.41) is 21.1. The molecule has 0 radical (unpaired) electrons. The molecule has 0 bridgehead atoms. The Bertz CT molecular complexity index is 3310. The fraction of sp³-hybridized carbons (Fsp3) is 0.949. The number of carboxylic acid groups (broad SMARTS) is 2. The number of carboxylic acids is 2. The SMILES string of the molecule is CO[C@@H]1C(COS(=O)(=O)O)O[C@H](O[C@@H]2C(C(=O)O)O[C@@H](O[C@@H]3C(COS(=O)(=O)O)O[C@@H](OC4(C)[C@@H]5C(C(=O)O)O[C@@H](O[C@@H]6C(COS(=O)(=O)O)O[C@H](C)C(OS(=O)(=O)O)C6OS(=O)(=O)O)C(C)[C@H]54)C(OS(=O)(=O)O)[C@H]3OS(=O)(=O)O)C(C)C2C)C(C)C1C. The van der Waals surface area contributed by atoms with E-state index in [9.17, 15) is 111 Å². The third-order valence-electron chi connectivity index (χ3n) is 15.5. The second-order valence-electron chi connectivity index (χ2n) is 21.2. The molecule has 0 aromatic carbocycles. The Morgan fingerprint density at radius 3 is 1.15 bits per heavy atom. The van der Waals surface area contributed by atoms with Gasteiger partial charge in [0, 0.05) is 36.7 Å². The highest BCUT2D eigenvalue weighted by atomic mass is 32.3. The van der Waals surface area contributed by atoms with Crippen LogP contribution in [0.5, 0.6) is 0 Å². The van der Waals surface area contributed by atoms with Gasteiger partial charge in [0.2, 0.25) is 0 Å². The van der Waals surface area contributed by atoms with Gasteiger partial charge in [0.15, 0.2) is 43.5 Å². The monoisotopic (exact) mass is 1430 g/mol. The van der Waals surface area contributed by atoms with Crippen LogP contribution in [0, 0.1) is 41.4 Å². The Balaban J connectivity index is 1.37. The van der Waals surface area contributed by atoms with Crippen molar-refractivity contribution >= 4 is 84.7 Å². The van der Waals surface area contributed by atoms with Crippen molar-refractivity contribution in [3.8, 4) is 0 Å². The van der Waals surface area contributed by atoms with Gasteiger partial charge in [-0.15, -0.1) is 0 Å². The van der Waals surface area contributed by atoms with E-state index in [0.717, 1.165) is 13.8 Å². The molecule has 0 aromatic rings. The van der Waals surface area contributed by atoms with Gasteiger partial charge in [-0.1, -0.05) is 34.6 Å². The lowest BCUT2D eigenvalue weighted by Gasteiger charge is -2.50. The third kappa shape index (κ3) is 19.2. The fourth-order valence-corrected chi connectivity index (χ4v) is 14.4. The molecular weight excluding hydrogens is 1360 g/mol. The highest BCUT2D eigenvalue weighted by Crippen LogP contribution is 2.64. The van der Waals surface area contributed by atoms with E-state index in [-0.39, 0.29) is 0 Å². The predicted octanol–water partition coefficient (Wildman–Crippen LogP) is -3.57. The molecule has 26 atom stereocenters. The van der Waals surface area contributed by atoms with Crippen LogP contribution >= 0.6 is 0 Å². The van der Waals surface area contributed by atoms with Crippen molar-refractivity contribution in [3.63, 3.8) is 0 Å². The van der Waals surface area contributed by atoms with Gasteiger partial charge in [-0.2, -0.15) is 58.9 Å². The van der Waals surface area contributed by atoms with E-state index in [4.69, 9.17) is 55.7 Å². The third-order valence-corrected chi connectivity index (χ3v) is 18.7. The zero-order valence-corrected chi connectivity index (χ0v) is 52.1. The van der Waals surface area contributed by atoms with E-state index in [0.29, 0.717) is 0 Å². The van der Waals surface area contributed by atoms with Crippen molar-refractivity contribution in [3.05, 3.63) is 0 Å². The summed E-state index contributed by atoms with van der Waals surface area (Å²) < 4.78 is 329. The summed E-state index contributed by atoms with van der Waals surface area (Å²) in [6.07, 6.45) is -38.5. The van der Waals surface area contributed by atoms with E-state index in [2.05, 4.69) is 20.9 Å². The average Bonchev–Trinajstić information content (AvgIpc) is 1.52. The number of aliphatic carboxylic acids is 2. The molecule has 0 spiro atoms. The fourth-order valence-electron chi connectivity index (χ4n) is 11.4. The molecule has 6 fully saturated rings. The van der Waals surface area contributed by atoms with Crippen LogP contribution in [-0.4, -0.2) is 256 Å². The highest BCUT2D eigenvalue weighted by molar-refractivity contribution is 7.82. The van der Waals surface area contributed by atoms with Gasteiger partial charge in [-0.3, -0.25) is 31.9 Å². The number of hydrogen-bond donors (Lipinski definition) is 9. The largest absolute Gasteiger partial charge is 0.479 e. The van der Waals surface area contributed by atoms with Crippen molar-refractivity contribution < 1.29 is 187 Å². The topological polar surface area (TPSA) is 612 Å². The van der Waals surface area contributed by atoms with E-state index in [1.165, 1.54) is 27.9 Å². The van der Waals surface area contributed by atoms with Crippen LogP contribution in [0.2, 0.25) is 0 Å². The zero-order chi connectivity index (χ0) is 66.7. The van der Waals surface area contributed by atoms with E-state index < -0.39 is 262 Å². The van der Waals surface area contributed by atoms with Gasteiger partial charge in [-0.25, -0.2) is 38.9 Å². The number of rotatable bonds is 28. The number of fused-ring (bicyclic) bond motifs is 1. The van der Waals surface area contributed by atoms with Gasteiger partial charge in [0.25, 0.3) is 0 Å². The van der Waals surface area contributed by atoms with Crippen molar-refractivity contribution in [2.75, 3.05) is 26.9 Å². The highest BCUT2D eigenvalue weighted by Gasteiger charge is 2.75. The molecule has 0 amide bonds. The second-order valence-corrected chi connectivity index (χ2v) is 28.7. The van der Waals surface area contributed by atoms with E-state index >= 15 is 0 Å². The average molecular weight is 1430 g/mol. The first kappa shape index (κ1) is 74.7. The first-order valence-electron chi connectivity index (χ1n) is 25.3. The van der Waals surface area contributed by atoms with Crippen LogP contribution in [0.3, 0.4) is 0 Å². The molecule has 5 heterocycles. The number of ether oxygens (including phenoxy) is 10. The first-order valence-corrected chi connectivity index (χ1v) is 34.9. The van der Waals surface area contributed by atoms with Crippen LogP contribution in [0.15, 0.2) is 0 Å². The number of methoxy groups -OCH3 is 1. The molecule has 6 rings (SSSR count). The van der Waals surface area contributed by atoms with Gasteiger partial charge in [0.05, 0.1) is 37.6 Å². The summed E-state index contributed by atoms with van der Waals surface area (Å²) in [7, 11) is -38.3. The normalized spacial score (nSPS) is 41.4. The Labute approximate surface area is 502 Å². The lowest BCUT2D eigenvalue weighted by Crippen LogP contribution is -2.65. The molecular formula is C39H64O42S7. The molecule has 6 aliphatic rings. The molecule has 49 heteroatoms. The minimum atomic E-state index is -6.02. The van der Waals surface area contributed by atoms with E-state index in [1.807, 2.05) is 0 Å². The standard InChI is InChI=1S/C39H64O42S7/c1-12-14(3)35(70-18(23(12)65-8)9-66-82(44,45)46)72-24-13(2)15(4)36(76-31(24)34(42)43)73-27-20(11-68-84(50,51)52)71-38(32(81-88(62,63)64)30(27)80-87(59,60)61)77-39(7)21-16(5)37(75-28(22(21)39)33(40)41)74-26-19(10-67-83(47,48)49)69-17(6)25(78-85(53,54)55)29(26)79-86(56,57)58/h12-32,35-38H,9-11H2,1-8H3,(H,40,41)(H,42,43)(H,44,45,46)(H,47,48,49)(H,50,51,52)(H,53,54,55)(H,56,57,58)(H,59,60,61)(H,62,63,64)/t12?,13?,14?,15?,16?,17-,18?,19?,20?,21-,22+,23+,24+,25?,26-,27-,28?,29?,30+,31?,32?,35-,36-,37-,38+,39?/m1/s1. The maximum absolute atomic E-state index is 13.1. The molecule has 14 unspecified atom stereocenters. The summed E-state index contributed by atoms with van der Waals surface area (Å²) >= 11 is 0. The van der Waals surface area contributed by atoms with Crippen LogP contribution in [0.1, 0.15) is 48.5 Å². The minimum absolute atomic E-state index is 0.563. The maximum atomic E-state index is 13.1. The quantitative estimate of drug-likeness (QED) is 0.0342. The molecule has 5 aliphatic heterocycles. The maximum Gasteiger partial charge on any atom is 0.397 e. The lowest BCUT2D eigenvalue weighted by molar-refractivity contribution is -0.358. The molecule has 42 nitrogen and oxygen atoms in total. The van der Waals surface area contributed by atoms with E-state index in [1.54, 1.807) is 13.8 Å². The molecule has 1 saturated carbocycles. The lowest BCUT2D eigenvalue weighted by atomic mass is 9.82. The van der Waals surface area contributed by atoms with Gasteiger partial charge in [0.1, 0.15) is 54.9 Å². The Kier molecular flexibility index (Phi) is 23.4. The molecule has 9 N–H and O–H groups in total. The Morgan fingerprint density at radius 2 is 0.727 bits per heavy atom. The summed E-state index contributed by atoms with van der Waals surface area (Å²) in [6, 6.07) is 0. The first-order chi connectivity index (χ1) is 39.9. The van der Waals surface area contributed by atoms with Crippen LogP contribution in [0.25, 0.3) is 0 Å². The molecule has 514 valence electrons. The minimum Gasteiger partial charge on any atom is -0.479 e. The zero-order valence-electron chi connectivity index (χ0n) is 46.4. The molecule has 0 aromatic heterocycles. The molecule has 88 heavy (non-hydrogen) atoms.